The number of amides is 1. The largest absolute Gasteiger partial charge is 0.472 e. The van der Waals surface area contributed by atoms with Gasteiger partial charge in [0.05, 0.1) is 18.7 Å². The van der Waals surface area contributed by atoms with Gasteiger partial charge >= 0.3 is 6.09 Å². The molecule has 128 valence electrons. The summed E-state index contributed by atoms with van der Waals surface area (Å²) in [5.41, 5.74) is -0.592. The number of rotatable bonds is 4. The van der Waals surface area contributed by atoms with Crippen molar-refractivity contribution in [3.8, 4) is 5.88 Å². The lowest BCUT2D eigenvalue weighted by atomic mass is 10.2. The fourth-order valence-electron chi connectivity index (χ4n) is 2.17. The van der Waals surface area contributed by atoms with Crippen LogP contribution in [0.5, 0.6) is 5.88 Å². The molecular weight excluding hydrogens is 324 g/mol. The van der Waals surface area contributed by atoms with Gasteiger partial charge in [-0.25, -0.2) is 19.6 Å². The maximum Gasteiger partial charge on any atom is 0.412 e. The molecule has 0 radical (unpaired) electrons. The van der Waals surface area contributed by atoms with E-state index in [-0.39, 0.29) is 6.10 Å². The zero-order valence-corrected chi connectivity index (χ0v) is 14.4. The van der Waals surface area contributed by atoms with Gasteiger partial charge in [-0.2, -0.15) is 0 Å². The molecule has 2 atom stereocenters. The fourth-order valence-corrected chi connectivity index (χ4v) is 2.28. The van der Waals surface area contributed by atoms with E-state index in [1.165, 1.54) is 18.2 Å². The van der Waals surface area contributed by atoms with Crippen LogP contribution in [0.15, 0.2) is 18.3 Å². The van der Waals surface area contributed by atoms with Crippen LogP contribution in [0.4, 0.5) is 4.79 Å². The van der Waals surface area contributed by atoms with E-state index in [2.05, 4.69) is 4.98 Å². The number of ether oxygens (including phenoxy) is 2. The summed E-state index contributed by atoms with van der Waals surface area (Å²) in [5.74, 6) is 0.432. The minimum Gasteiger partial charge on any atom is -0.472 e. The second-order valence-electron chi connectivity index (χ2n) is 6.14. The molecule has 1 amide bonds. The van der Waals surface area contributed by atoms with Gasteiger partial charge in [-0.15, -0.1) is 0 Å². The number of aromatic nitrogens is 1. The molecule has 2 unspecified atom stereocenters. The molecule has 0 N–H and O–H groups in total. The lowest BCUT2D eigenvalue weighted by Gasteiger charge is -2.27. The third-order valence-corrected chi connectivity index (χ3v) is 3.26. The Balaban J connectivity index is 2.02. The number of halogens is 1. The smallest absolute Gasteiger partial charge is 0.412 e. The molecule has 8 heteroatoms. The van der Waals surface area contributed by atoms with Crippen LogP contribution in [-0.4, -0.2) is 47.6 Å². The first-order chi connectivity index (χ1) is 10.8. The maximum atomic E-state index is 12.3. The highest BCUT2D eigenvalue weighted by molar-refractivity contribution is 6.30. The van der Waals surface area contributed by atoms with E-state index < -0.39 is 17.9 Å². The topological polar surface area (TPSA) is 70.1 Å². The van der Waals surface area contributed by atoms with E-state index in [1.807, 2.05) is 0 Å². The van der Waals surface area contributed by atoms with Crippen LogP contribution in [0.1, 0.15) is 27.2 Å². The van der Waals surface area contributed by atoms with Crippen molar-refractivity contribution >= 4 is 17.7 Å². The first-order valence-corrected chi connectivity index (χ1v) is 7.63. The Hall–Kier alpha value is -1.57. The van der Waals surface area contributed by atoms with Crippen molar-refractivity contribution < 1.29 is 24.0 Å². The molecule has 0 spiro atoms. The van der Waals surface area contributed by atoms with E-state index in [4.69, 9.17) is 30.8 Å². The molecule has 0 aliphatic carbocycles. The molecule has 2 rings (SSSR count). The summed E-state index contributed by atoms with van der Waals surface area (Å²) >= 11 is 5.79. The average molecular weight is 345 g/mol. The summed E-state index contributed by atoms with van der Waals surface area (Å²) in [6.07, 6.45) is 0.607. The number of nitrogens with zero attached hydrogens (tertiary/aromatic N) is 2. The minimum absolute atomic E-state index is 0.281. The SMILES string of the molecule is COOC1CC(Oc2ccc(Cl)cn2)CN1C(=O)OC(C)(C)C. The highest BCUT2D eigenvalue weighted by Crippen LogP contribution is 2.25. The molecule has 1 aromatic rings. The molecular formula is C15H21ClN2O5. The van der Waals surface area contributed by atoms with Gasteiger partial charge in [0.1, 0.15) is 11.7 Å². The van der Waals surface area contributed by atoms with E-state index in [0.717, 1.165) is 0 Å². The first kappa shape index (κ1) is 17.8. The standard InChI is InChI=1S/C15H21ClN2O5/c1-15(2,3)22-14(19)18-9-11(7-13(18)23-20-4)21-12-6-5-10(16)8-17-12/h5-6,8,11,13H,7,9H2,1-4H3. The molecule has 2 heterocycles. The second-order valence-corrected chi connectivity index (χ2v) is 6.58. The Bertz CT molecular complexity index is 532. The van der Waals surface area contributed by atoms with Gasteiger partial charge in [0.15, 0.2) is 6.23 Å². The normalized spacial score (nSPS) is 21.3. The Morgan fingerprint density at radius 3 is 2.70 bits per heavy atom. The number of pyridine rings is 1. The number of carbonyl (C=O) groups excluding carboxylic acids is 1. The highest BCUT2D eigenvalue weighted by Gasteiger charge is 2.40. The molecule has 0 saturated carbocycles. The van der Waals surface area contributed by atoms with Gasteiger partial charge < -0.3 is 9.47 Å². The van der Waals surface area contributed by atoms with Crippen LogP contribution in [0.3, 0.4) is 0 Å². The van der Waals surface area contributed by atoms with Crippen LogP contribution < -0.4 is 4.74 Å². The van der Waals surface area contributed by atoms with E-state index in [9.17, 15) is 4.79 Å². The Kier molecular flexibility index (Phi) is 5.67. The van der Waals surface area contributed by atoms with Crippen LogP contribution in [0.25, 0.3) is 0 Å². The summed E-state index contributed by atoms with van der Waals surface area (Å²) in [6.45, 7) is 5.73. The average Bonchev–Trinajstić information content (AvgIpc) is 2.83. The summed E-state index contributed by atoms with van der Waals surface area (Å²) in [5, 5.41) is 0.528. The highest BCUT2D eigenvalue weighted by atomic mass is 35.5. The van der Waals surface area contributed by atoms with Gasteiger partial charge in [-0.1, -0.05) is 11.6 Å². The predicted molar refractivity (Wildman–Crippen MR) is 83.1 cm³/mol. The molecule has 1 aliphatic rings. The lowest BCUT2D eigenvalue weighted by molar-refractivity contribution is -0.324. The molecule has 7 nitrogen and oxygen atoms in total. The van der Waals surface area contributed by atoms with Crippen molar-refractivity contribution in [3.63, 3.8) is 0 Å². The van der Waals surface area contributed by atoms with Gasteiger partial charge in [-0.05, 0) is 26.8 Å². The van der Waals surface area contributed by atoms with E-state index in [1.54, 1.807) is 32.9 Å². The Morgan fingerprint density at radius 2 is 2.13 bits per heavy atom. The van der Waals surface area contributed by atoms with Crippen molar-refractivity contribution in [3.05, 3.63) is 23.4 Å². The zero-order valence-electron chi connectivity index (χ0n) is 13.6. The predicted octanol–water partition coefficient (Wildman–Crippen LogP) is 3.03. The summed E-state index contributed by atoms with van der Waals surface area (Å²) in [7, 11) is 1.39. The third-order valence-electron chi connectivity index (χ3n) is 3.04. The van der Waals surface area contributed by atoms with Crippen LogP contribution in [-0.2, 0) is 14.5 Å². The minimum atomic E-state index is -0.592. The van der Waals surface area contributed by atoms with Crippen LogP contribution in [0, 0.1) is 0 Å². The van der Waals surface area contributed by atoms with Gasteiger partial charge in [0, 0.05) is 18.7 Å². The summed E-state index contributed by atoms with van der Waals surface area (Å²) in [4.78, 5) is 27.6. The third kappa shape index (κ3) is 5.23. The number of hydrogen-bond donors (Lipinski definition) is 0. The Morgan fingerprint density at radius 1 is 1.39 bits per heavy atom. The first-order valence-electron chi connectivity index (χ1n) is 7.26. The molecule has 0 aromatic carbocycles. The lowest BCUT2D eigenvalue weighted by Crippen LogP contribution is -2.41. The second kappa shape index (κ2) is 7.33. The van der Waals surface area contributed by atoms with E-state index >= 15 is 0 Å². The molecule has 1 saturated heterocycles. The zero-order chi connectivity index (χ0) is 17.0. The number of hydrogen-bond acceptors (Lipinski definition) is 6. The van der Waals surface area contributed by atoms with Crippen molar-refractivity contribution in [2.45, 2.75) is 45.1 Å². The van der Waals surface area contributed by atoms with Gasteiger partial charge in [0.25, 0.3) is 0 Å². The van der Waals surface area contributed by atoms with Gasteiger partial charge in [0.2, 0.25) is 5.88 Å². The van der Waals surface area contributed by atoms with Crippen LogP contribution >= 0.6 is 11.6 Å². The Labute approximate surface area is 140 Å². The fraction of sp³-hybridized carbons (Fsp3) is 0.600. The summed E-state index contributed by atoms with van der Waals surface area (Å²) in [6, 6.07) is 3.36. The maximum absolute atomic E-state index is 12.3. The molecule has 23 heavy (non-hydrogen) atoms. The quantitative estimate of drug-likeness (QED) is 0.617. The molecule has 1 fully saturated rings. The summed E-state index contributed by atoms with van der Waals surface area (Å²) < 4.78 is 11.1. The molecule has 1 aromatic heterocycles. The molecule has 1 aliphatic heterocycles. The van der Waals surface area contributed by atoms with Gasteiger partial charge in [-0.3, -0.25) is 4.90 Å². The van der Waals surface area contributed by atoms with Crippen LogP contribution in [0.2, 0.25) is 5.02 Å². The monoisotopic (exact) mass is 344 g/mol. The number of carbonyl (C=O) groups is 1. The van der Waals surface area contributed by atoms with Crippen molar-refractivity contribution in [2.24, 2.45) is 0 Å². The molecule has 0 bridgehead atoms. The van der Waals surface area contributed by atoms with Crippen molar-refractivity contribution in [2.75, 3.05) is 13.7 Å². The van der Waals surface area contributed by atoms with E-state index in [0.29, 0.717) is 23.9 Å². The van der Waals surface area contributed by atoms with Crippen molar-refractivity contribution in [1.82, 2.24) is 9.88 Å². The number of likely N-dealkylation sites (tertiary alicyclic amines) is 1. The van der Waals surface area contributed by atoms with Crippen molar-refractivity contribution in [1.29, 1.82) is 0 Å².